The van der Waals surface area contributed by atoms with E-state index in [9.17, 15) is 10.2 Å². The van der Waals surface area contributed by atoms with Crippen molar-refractivity contribution in [3.63, 3.8) is 0 Å². The second-order valence-corrected chi connectivity index (χ2v) is 11.2. The van der Waals surface area contributed by atoms with Crippen molar-refractivity contribution in [3.8, 4) is 11.5 Å². The molecule has 0 saturated carbocycles. The molecule has 148 valence electrons. The van der Waals surface area contributed by atoms with Crippen LogP contribution in [0.3, 0.4) is 0 Å². The Hall–Kier alpha value is -1.61. The van der Waals surface area contributed by atoms with Gasteiger partial charge in [0.15, 0.2) is 0 Å². The summed E-state index contributed by atoms with van der Waals surface area (Å²) in [5, 5.41) is 21.0. The highest BCUT2D eigenvalue weighted by Crippen LogP contribution is 2.43. The Balaban J connectivity index is 2.25. The van der Waals surface area contributed by atoms with Crippen molar-refractivity contribution < 1.29 is 10.2 Å². The monoisotopic (exact) mass is 386 g/mol. The lowest BCUT2D eigenvalue weighted by molar-refractivity contribution is 0.445. The van der Waals surface area contributed by atoms with Gasteiger partial charge in [-0.15, -0.1) is 11.8 Å². The Bertz CT molecular complexity index is 730. The van der Waals surface area contributed by atoms with Crippen LogP contribution in [0.1, 0.15) is 88.1 Å². The van der Waals surface area contributed by atoms with Gasteiger partial charge in [-0.2, -0.15) is 0 Å². The lowest BCUT2D eigenvalue weighted by Crippen LogP contribution is -2.12. The number of aromatic hydroxyl groups is 2. The molecule has 3 heteroatoms. The third-order valence-electron chi connectivity index (χ3n) is 5.00. The molecule has 2 rings (SSSR count). The highest BCUT2D eigenvalue weighted by Gasteiger charge is 2.22. The van der Waals surface area contributed by atoms with Gasteiger partial charge in [0.05, 0.1) is 0 Å². The number of benzene rings is 2. The van der Waals surface area contributed by atoms with Gasteiger partial charge in [0.25, 0.3) is 0 Å². The van der Waals surface area contributed by atoms with Crippen LogP contribution in [0, 0.1) is 0 Å². The van der Waals surface area contributed by atoms with E-state index in [0.717, 1.165) is 11.1 Å². The topological polar surface area (TPSA) is 40.5 Å². The second kappa shape index (κ2) is 7.79. The van der Waals surface area contributed by atoms with Crippen LogP contribution in [0.2, 0.25) is 0 Å². The van der Waals surface area contributed by atoms with Crippen LogP contribution >= 0.6 is 11.8 Å². The maximum Gasteiger partial charge on any atom is 0.119 e. The van der Waals surface area contributed by atoms with Crippen molar-refractivity contribution in [2.45, 2.75) is 76.7 Å². The summed E-state index contributed by atoms with van der Waals surface area (Å²) in [5.41, 5.74) is 4.25. The molecule has 0 saturated heterocycles. The summed E-state index contributed by atoms with van der Waals surface area (Å²) in [6, 6.07) is 11.9. The summed E-state index contributed by atoms with van der Waals surface area (Å²) >= 11 is 1.89. The molecule has 0 aliphatic rings. The molecule has 0 aliphatic heterocycles. The van der Waals surface area contributed by atoms with E-state index in [-0.39, 0.29) is 10.8 Å². The van der Waals surface area contributed by atoms with Crippen LogP contribution in [0.15, 0.2) is 36.4 Å². The van der Waals surface area contributed by atoms with E-state index >= 15 is 0 Å². The Morgan fingerprint density at radius 1 is 0.667 bits per heavy atom. The lowest BCUT2D eigenvalue weighted by Gasteiger charge is -2.25. The Labute approximate surface area is 169 Å². The zero-order valence-electron chi connectivity index (χ0n) is 17.9. The van der Waals surface area contributed by atoms with Gasteiger partial charge in [-0.1, -0.05) is 65.8 Å². The lowest BCUT2D eigenvalue weighted by atomic mass is 9.85. The minimum Gasteiger partial charge on any atom is -0.508 e. The van der Waals surface area contributed by atoms with Gasteiger partial charge in [-0.3, -0.25) is 0 Å². The average molecular weight is 387 g/mol. The summed E-state index contributed by atoms with van der Waals surface area (Å²) in [5.74, 6) is 0.731. The summed E-state index contributed by atoms with van der Waals surface area (Å²) < 4.78 is 0. The van der Waals surface area contributed by atoms with E-state index in [1.807, 2.05) is 36.0 Å². The Kier molecular flexibility index (Phi) is 6.26. The maximum absolute atomic E-state index is 10.2. The third kappa shape index (κ3) is 5.22. The molecule has 2 N–H and O–H groups in total. The summed E-state index contributed by atoms with van der Waals surface area (Å²) in [7, 11) is 0. The van der Waals surface area contributed by atoms with Crippen molar-refractivity contribution in [2.75, 3.05) is 0 Å². The zero-order valence-corrected chi connectivity index (χ0v) is 18.7. The van der Waals surface area contributed by atoms with Crippen molar-refractivity contribution in [3.05, 3.63) is 58.7 Å². The van der Waals surface area contributed by atoms with Crippen molar-refractivity contribution in [1.82, 2.24) is 0 Å². The van der Waals surface area contributed by atoms with Crippen LogP contribution in [-0.2, 0) is 10.8 Å². The van der Waals surface area contributed by atoms with E-state index in [4.69, 9.17) is 0 Å². The number of hydrogen-bond donors (Lipinski definition) is 2. The molecule has 2 nitrogen and oxygen atoms in total. The summed E-state index contributed by atoms with van der Waals surface area (Å²) in [6.07, 6.45) is 0. The van der Waals surface area contributed by atoms with E-state index in [0.29, 0.717) is 22.0 Å². The van der Waals surface area contributed by atoms with E-state index in [1.54, 1.807) is 0 Å². The molecular weight excluding hydrogens is 352 g/mol. The molecule has 0 aromatic heterocycles. The van der Waals surface area contributed by atoms with Crippen LogP contribution in [0.4, 0.5) is 0 Å². The third-order valence-corrected chi connectivity index (χ3v) is 6.37. The fraction of sp³-hybridized carbons (Fsp3) is 0.500. The van der Waals surface area contributed by atoms with E-state index in [2.05, 4.69) is 67.5 Å². The van der Waals surface area contributed by atoms with Crippen LogP contribution in [0.25, 0.3) is 0 Å². The van der Waals surface area contributed by atoms with Gasteiger partial charge < -0.3 is 10.2 Å². The molecule has 2 aromatic rings. The van der Waals surface area contributed by atoms with Gasteiger partial charge in [-0.25, -0.2) is 0 Å². The van der Waals surface area contributed by atoms with Gasteiger partial charge >= 0.3 is 0 Å². The van der Waals surface area contributed by atoms with Gasteiger partial charge in [0.1, 0.15) is 11.5 Å². The highest BCUT2D eigenvalue weighted by atomic mass is 32.2. The molecule has 27 heavy (non-hydrogen) atoms. The first kappa shape index (κ1) is 21.7. The van der Waals surface area contributed by atoms with Crippen molar-refractivity contribution >= 4 is 11.8 Å². The van der Waals surface area contributed by atoms with Crippen molar-refractivity contribution in [2.24, 2.45) is 0 Å². The van der Waals surface area contributed by atoms with E-state index in [1.165, 1.54) is 11.1 Å². The normalized spacial score (nSPS) is 14.8. The minimum atomic E-state index is -0.0886. The van der Waals surface area contributed by atoms with Crippen LogP contribution in [0.5, 0.6) is 11.5 Å². The smallest absolute Gasteiger partial charge is 0.119 e. The molecule has 2 unspecified atom stereocenters. The second-order valence-electron chi connectivity index (χ2n) is 9.47. The molecule has 0 amide bonds. The fourth-order valence-corrected chi connectivity index (χ4v) is 4.50. The molecule has 2 atom stereocenters. The Morgan fingerprint density at radius 3 is 1.30 bits per heavy atom. The molecule has 2 aromatic carbocycles. The van der Waals surface area contributed by atoms with Gasteiger partial charge in [0, 0.05) is 10.5 Å². The number of phenolic OH excluding ortho intramolecular Hbond substituents is 2. The van der Waals surface area contributed by atoms with Gasteiger partial charge in [0.2, 0.25) is 0 Å². The average Bonchev–Trinajstić information content (AvgIpc) is 2.53. The highest BCUT2D eigenvalue weighted by molar-refractivity contribution is 7.99. The molecule has 0 bridgehead atoms. The molecule has 0 aliphatic carbocycles. The summed E-state index contributed by atoms with van der Waals surface area (Å²) in [4.78, 5) is 0. The van der Waals surface area contributed by atoms with Crippen LogP contribution < -0.4 is 0 Å². The number of rotatable bonds is 4. The molecule has 0 heterocycles. The zero-order chi connectivity index (χ0) is 20.6. The standard InChI is InChI=1S/C24H34O2S/c1-15(17-9-11-21(25)19(13-17)23(3,4)5)27-16(2)18-10-12-22(26)20(14-18)24(6,7)8/h9-16,25-26H,1-8H3. The number of phenols is 2. The van der Waals surface area contributed by atoms with Crippen LogP contribution in [-0.4, -0.2) is 10.2 Å². The largest absolute Gasteiger partial charge is 0.508 e. The predicted molar refractivity (Wildman–Crippen MR) is 118 cm³/mol. The first-order valence-corrected chi connectivity index (χ1v) is 10.6. The molecule has 0 spiro atoms. The maximum atomic E-state index is 10.2. The summed E-state index contributed by atoms with van der Waals surface area (Å²) in [6.45, 7) is 17.2. The predicted octanol–water partition coefficient (Wildman–Crippen LogP) is 7.25. The number of thioether (sulfide) groups is 1. The van der Waals surface area contributed by atoms with E-state index < -0.39 is 0 Å². The van der Waals surface area contributed by atoms with Gasteiger partial charge in [-0.05, 0) is 59.1 Å². The first-order chi connectivity index (χ1) is 12.3. The minimum absolute atomic E-state index is 0.0886. The number of hydrogen-bond acceptors (Lipinski definition) is 3. The van der Waals surface area contributed by atoms with Crippen molar-refractivity contribution in [1.29, 1.82) is 0 Å². The quantitative estimate of drug-likeness (QED) is 0.581. The fourth-order valence-electron chi connectivity index (χ4n) is 3.28. The molecule has 0 fully saturated rings. The molecule has 0 radical (unpaired) electrons. The first-order valence-electron chi connectivity index (χ1n) is 9.63. The SMILES string of the molecule is CC(SC(C)c1ccc(O)c(C(C)(C)C)c1)c1ccc(O)c(C(C)(C)C)c1. The molecular formula is C24H34O2S. The Morgan fingerprint density at radius 2 is 1.00 bits per heavy atom.